The molecular weight excluding hydrogens is 705 g/mol. The SMILES string of the molecule is COc1ccc2nc(C)c(O[C@@H]3C[C@H]4C(=O)N[C@]5(C(=O)NS(=O)(=O)C6CC6)CC5/C=C\CCCCC[C@H](NC(=O)OC5CCCC5)C(=O)N4C3)nc2c1. The van der Waals surface area contributed by atoms with Crippen LogP contribution < -0.4 is 24.8 Å². The van der Waals surface area contributed by atoms with Crippen LogP contribution in [0.25, 0.3) is 11.0 Å². The van der Waals surface area contributed by atoms with E-state index < -0.39 is 68.7 Å². The van der Waals surface area contributed by atoms with Crippen LogP contribution in [0.5, 0.6) is 11.6 Å². The number of methoxy groups -OCH3 is 1. The summed E-state index contributed by atoms with van der Waals surface area (Å²) in [4.78, 5) is 66.3. The Morgan fingerprint density at radius 2 is 1.75 bits per heavy atom. The largest absolute Gasteiger partial charge is 0.497 e. The summed E-state index contributed by atoms with van der Waals surface area (Å²) in [6, 6.07) is 3.24. The number of aromatic nitrogens is 2. The maximum absolute atomic E-state index is 14.5. The number of amides is 4. The molecule has 7 rings (SSSR count). The van der Waals surface area contributed by atoms with Crippen LogP contribution in [0.3, 0.4) is 0 Å². The standard InChI is InChI=1S/C37H48N6O9S/c1-22-33(39-30-18-25(50-2)14-17-28(30)38-22)51-26-19-31-32(44)41-37(35(46)42-53(48,49)27-15-16-27)20-23(37)10-6-4-3-5-7-13-29(34(45)43(31)21-26)40-36(47)52-24-11-8-9-12-24/h6,10,14,17-18,23-24,26-27,29,31H,3-5,7-9,11-13,15-16,19-21H2,1-2H3,(H,40,47)(H,41,44)(H,42,46)/b10-6-/t23?,26-,29+,31+,37-/m1/s1. The highest BCUT2D eigenvalue weighted by atomic mass is 32.2. The van der Waals surface area contributed by atoms with E-state index in [-0.39, 0.29) is 31.4 Å². The molecule has 4 amide bonds. The molecular formula is C37H48N6O9S. The third-order valence-corrected chi connectivity index (χ3v) is 12.8. The van der Waals surface area contributed by atoms with Gasteiger partial charge in [-0.3, -0.25) is 19.1 Å². The molecule has 15 nitrogen and oxygen atoms in total. The molecule has 0 radical (unpaired) electrons. The van der Waals surface area contributed by atoms with Gasteiger partial charge in [0.15, 0.2) is 0 Å². The van der Waals surface area contributed by atoms with E-state index in [4.69, 9.17) is 14.2 Å². The highest BCUT2D eigenvalue weighted by molar-refractivity contribution is 7.91. The number of alkyl carbamates (subject to hydrolysis) is 1. The van der Waals surface area contributed by atoms with Gasteiger partial charge >= 0.3 is 6.09 Å². The van der Waals surface area contributed by atoms with Crippen LogP contribution in [0, 0.1) is 12.8 Å². The number of carbonyl (C=O) groups excluding carboxylic acids is 4. The lowest BCUT2D eigenvalue weighted by Crippen LogP contribution is -2.58. The number of hydrogen-bond donors (Lipinski definition) is 3. The van der Waals surface area contributed by atoms with Gasteiger partial charge in [0, 0.05) is 18.4 Å². The van der Waals surface area contributed by atoms with Gasteiger partial charge in [-0.15, -0.1) is 0 Å². The summed E-state index contributed by atoms with van der Waals surface area (Å²) in [6.45, 7) is 1.75. The Kier molecular flexibility index (Phi) is 10.5. The van der Waals surface area contributed by atoms with Crippen LogP contribution in [0.1, 0.15) is 89.2 Å². The zero-order chi connectivity index (χ0) is 37.3. The second-order valence-corrected chi connectivity index (χ2v) is 16.9. The number of fused-ring (bicyclic) bond motifs is 3. The summed E-state index contributed by atoms with van der Waals surface area (Å²) < 4.78 is 45.2. The second kappa shape index (κ2) is 15.1. The Balaban J connectivity index is 1.17. The Bertz CT molecular complexity index is 1900. The molecule has 3 aliphatic carbocycles. The van der Waals surface area contributed by atoms with Crippen molar-refractivity contribution in [1.29, 1.82) is 0 Å². The fourth-order valence-electron chi connectivity index (χ4n) is 7.68. The van der Waals surface area contributed by atoms with Crippen molar-refractivity contribution in [3.05, 3.63) is 36.0 Å². The van der Waals surface area contributed by atoms with Crippen LogP contribution in [-0.2, 0) is 29.1 Å². The summed E-state index contributed by atoms with van der Waals surface area (Å²) in [5.41, 5.74) is 0.199. The lowest BCUT2D eigenvalue weighted by atomic mass is 10.0. The number of ether oxygens (including phenoxy) is 3. The van der Waals surface area contributed by atoms with Crippen molar-refractivity contribution in [3.63, 3.8) is 0 Å². The summed E-state index contributed by atoms with van der Waals surface area (Å²) in [5, 5.41) is 5.05. The molecule has 1 aromatic heterocycles. The van der Waals surface area contributed by atoms with Crippen molar-refractivity contribution in [2.75, 3.05) is 13.7 Å². The molecule has 286 valence electrons. The summed E-state index contributed by atoms with van der Waals surface area (Å²) in [7, 11) is -2.33. The zero-order valence-electron chi connectivity index (χ0n) is 30.2. The Labute approximate surface area is 309 Å². The minimum Gasteiger partial charge on any atom is -0.497 e. The van der Waals surface area contributed by atoms with Gasteiger partial charge in [0.25, 0.3) is 5.91 Å². The van der Waals surface area contributed by atoms with E-state index in [2.05, 4.69) is 25.3 Å². The third-order valence-electron chi connectivity index (χ3n) is 11.0. The van der Waals surface area contributed by atoms with Crippen LogP contribution in [0.15, 0.2) is 30.4 Å². The van der Waals surface area contributed by atoms with Crippen molar-refractivity contribution in [3.8, 4) is 11.6 Å². The number of carbonyl (C=O) groups is 4. The molecule has 3 heterocycles. The molecule has 1 aromatic carbocycles. The van der Waals surface area contributed by atoms with Crippen molar-refractivity contribution in [2.45, 2.75) is 125 Å². The number of sulfonamides is 1. The molecule has 53 heavy (non-hydrogen) atoms. The van der Waals surface area contributed by atoms with E-state index in [9.17, 15) is 27.6 Å². The molecule has 0 bridgehead atoms. The molecule has 16 heteroatoms. The van der Waals surface area contributed by atoms with Gasteiger partial charge in [0.1, 0.15) is 41.3 Å². The lowest BCUT2D eigenvalue weighted by Gasteiger charge is -2.30. The molecule has 1 unspecified atom stereocenters. The Morgan fingerprint density at radius 3 is 2.51 bits per heavy atom. The third kappa shape index (κ3) is 8.21. The van der Waals surface area contributed by atoms with E-state index >= 15 is 0 Å². The first kappa shape index (κ1) is 36.9. The van der Waals surface area contributed by atoms with Gasteiger partial charge in [-0.05, 0) is 83.3 Å². The smallest absolute Gasteiger partial charge is 0.408 e. The number of benzene rings is 1. The molecule has 5 aliphatic rings. The van der Waals surface area contributed by atoms with Gasteiger partial charge in [-0.2, -0.15) is 0 Å². The van der Waals surface area contributed by atoms with E-state index in [1.165, 1.54) is 4.90 Å². The molecule has 5 atom stereocenters. The fourth-order valence-corrected chi connectivity index (χ4v) is 9.05. The first-order chi connectivity index (χ1) is 25.5. The average molecular weight is 753 g/mol. The van der Waals surface area contributed by atoms with Gasteiger partial charge in [0.05, 0.1) is 29.9 Å². The van der Waals surface area contributed by atoms with Gasteiger partial charge in [-0.25, -0.2) is 23.2 Å². The van der Waals surface area contributed by atoms with Crippen molar-refractivity contribution < 1.29 is 41.8 Å². The monoisotopic (exact) mass is 752 g/mol. The lowest BCUT2D eigenvalue weighted by molar-refractivity contribution is -0.141. The molecule has 3 saturated carbocycles. The summed E-state index contributed by atoms with van der Waals surface area (Å²) in [5.74, 6) is -1.47. The van der Waals surface area contributed by atoms with E-state index in [0.717, 1.165) is 38.5 Å². The Morgan fingerprint density at radius 1 is 0.981 bits per heavy atom. The quantitative estimate of drug-likeness (QED) is 0.335. The predicted octanol–water partition coefficient (Wildman–Crippen LogP) is 3.34. The highest BCUT2D eigenvalue weighted by Crippen LogP contribution is 2.46. The Hall–Kier alpha value is -4.47. The number of nitrogens with zero attached hydrogens (tertiary/aromatic N) is 3. The minimum absolute atomic E-state index is 0.0113. The highest BCUT2D eigenvalue weighted by Gasteiger charge is 2.62. The van der Waals surface area contributed by atoms with Crippen LogP contribution in [0.2, 0.25) is 0 Å². The molecule has 2 aliphatic heterocycles. The number of allylic oxidation sites excluding steroid dienone is 1. The van der Waals surface area contributed by atoms with Gasteiger partial charge in [-0.1, -0.05) is 25.0 Å². The normalized spacial score (nSPS) is 28.8. The van der Waals surface area contributed by atoms with E-state index in [1.54, 1.807) is 32.2 Å². The van der Waals surface area contributed by atoms with E-state index in [0.29, 0.717) is 54.6 Å². The van der Waals surface area contributed by atoms with Crippen molar-refractivity contribution in [1.82, 2.24) is 30.2 Å². The molecule has 0 spiro atoms. The van der Waals surface area contributed by atoms with Gasteiger partial charge in [0.2, 0.25) is 27.7 Å². The van der Waals surface area contributed by atoms with Crippen molar-refractivity contribution in [2.24, 2.45) is 5.92 Å². The molecule has 4 fully saturated rings. The fraction of sp³-hybridized carbons (Fsp3) is 0.622. The van der Waals surface area contributed by atoms with E-state index in [1.807, 2.05) is 12.2 Å². The zero-order valence-corrected chi connectivity index (χ0v) is 31.0. The van der Waals surface area contributed by atoms with Crippen molar-refractivity contribution >= 4 is 44.9 Å². The molecule has 3 N–H and O–H groups in total. The number of nitrogens with one attached hydrogen (secondary N) is 3. The van der Waals surface area contributed by atoms with Crippen LogP contribution in [0.4, 0.5) is 4.79 Å². The predicted molar refractivity (Wildman–Crippen MR) is 192 cm³/mol. The van der Waals surface area contributed by atoms with Crippen LogP contribution >= 0.6 is 0 Å². The maximum atomic E-state index is 14.5. The van der Waals surface area contributed by atoms with Gasteiger partial charge < -0.3 is 29.7 Å². The second-order valence-electron chi connectivity index (χ2n) is 15.0. The summed E-state index contributed by atoms with van der Waals surface area (Å²) >= 11 is 0. The first-order valence-electron chi connectivity index (χ1n) is 18.8. The molecule has 1 saturated heterocycles. The molecule has 2 aromatic rings. The topological polar surface area (TPSA) is 195 Å². The first-order valence-corrected chi connectivity index (χ1v) is 20.3. The number of aryl methyl sites for hydroxylation is 1. The minimum atomic E-state index is -3.88. The van der Waals surface area contributed by atoms with Crippen LogP contribution in [-0.4, -0.2) is 95.8 Å². The number of rotatable bonds is 8. The average Bonchev–Trinajstić information content (AvgIpc) is 4.00. The summed E-state index contributed by atoms with van der Waals surface area (Å²) in [6.07, 6.45) is 10.2. The number of hydrogen-bond acceptors (Lipinski definition) is 11. The maximum Gasteiger partial charge on any atom is 0.408 e.